The van der Waals surface area contributed by atoms with Crippen molar-refractivity contribution in [2.75, 3.05) is 13.2 Å². The second-order valence-electron chi connectivity index (χ2n) is 4.55. The van der Waals surface area contributed by atoms with Gasteiger partial charge in [-0.15, -0.1) is 11.3 Å². The number of fused-ring (bicyclic) bond motifs is 1. The van der Waals surface area contributed by atoms with Crippen LogP contribution in [0.2, 0.25) is 5.15 Å². The quantitative estimate of drug-likeness (QED) is 0.716. The Labute approximate surface area is 124 Å². The maximum atomic E-state index is 11.6. The van der Waals surface area contributed by atoms with Crippen LogP contribution in [0.5, 0.6) is 0 Å². The summed E-state index contributed by atoms with van der Waals surface area (Å²) in [4.78, 5) is 16.5. The Morgan fingerprint density at radius 3 is 3.15 bits per heavy atom. The van der Waals surface area contributed by atoms with Gasteiger partial charge in [-0.05, 0) is 13.0 Å². The van der Waals surface area contributed by atoms with Gasteiger partial charge in [0.25, 0.3) is 0 Å². The molecule has 0 bridgehead atoms. The van der Waals surface area contributed by atoms with Gasteiger partial charge in [0.15, 0.2) is 10.1 Å². The number of nitrogens with one attached hydrogen (secondary N) is 1. The van der Waals surface area contributed by atoms with Crippen molar-refractivity contribution in [2.24, 2.45) is 0 Å². The molecule has 0 aliphatic heterocycles. The lowest BCUT2D eigenvalue weighted by molar-refractivity contribution is -0.117. The molecule has 0 saturated heterocycles. The minimum Gasteiger partial charge on any atom is -0.393 e. The van der Waals surface area contributed by atoms with Crippen molar-refractivity contribution in [1.82, 2.24) is 14.7 Å². The number of amides is 1. The Kier molecular flexibility index (Phi) is 4.44. The highest BCUT2D eigenvalue weighted by atomic mass is 35.5. The van der Waals surface area contributed by atoms with Crippen LogP contribution in [-0.2, 0) is 4.79 Å². The number of hydrogen-bond acceptors (Lipinski definition) is 5. The smallest absolute Gasteiger partial charge is 0.244 e. The molecule has 1 unspecified atom stereocenters. The summed E-state index contributed by atoms with van der Waals surface area (Å²) >= 11 is 7.43. The van der Waals surface area contributed by atoms with E-state index >= 15 is 0 Å². The van der Waals surface area contributed by atoms with E-state index in [0.717, 1.165) is 4.96 Å². The van der Waals surface area contributed by atoms with E-state index in [1.165, 1.54) is 24.3 Å². The normalized spacial score (nSPS) is 14.8. The lowest BCUT2D eigenvalue weighted by Crippen LogP contribution is -2.42. The summed E-state index contributed by atoms with van der Waals surface area (Å²) in [7, 11) is 0. The number of carbonyl (C=O) groups excluding carboxylic acids is 1. The summed E-state index contributed by atoms with van der Waals surface area (Å²) in [5.74, 6) is -0.389. The molecule has 0 fully saturated rings. The van der Waals surface area contributed by atoms with Gasteiger partial charge in [0, 0.05) is 24.2 Å². The second kappa shape index (κ2) is 5.92. The molecule has 0 aliphatic carbocycles. The third-order valence-electron chi connectivity index (χ3n) is 2.63. The highest BCUT2D eigenvalue weighted by Crippen LogP contribution is 2.22. The third kappa shape index (κ3) is 3.37. The van der Waals surface area contributed by atoms with Gasteiger partial charge >= 0.3 is 0 Å². The minimum absolute atomic E-state index is 0.0410. The van der Waals surface area contributed by atoms with Gasteiger partial charge in [-0.2, -0.15) is 0 Å². The summed E-state index contributed by atoms with van der Waals surface area (Å²) in [6, 6.07) is 0. The molecule has 6 nitrogen and oxygen atoms in total. The van der Waals surface area contributed by atoms with Crippen LogP contribution in [0.25, 0.3) is 11.0 Å². The Bertz CT molecular complexity index is 647. The summed E-state index contributed by atoms with van der Waals surface area (Å²) in [5, 5.41) is 23.1. The molecule has 2 aromatic rings. The number of thiazole rings is 1. The van der Waals surface area contributed by atoms with E-state index in [9.17, 15) is 9.90 Å². The van der Waals surface area contributed by atoms with Gasteiger partial charge in [-0.3, -0.25) is 9.20 Å². The van der Waals surface area contributed by atoms with E-state index in [4.69, 9.17) is 16.7 Å². The van der Waals surface area contributed by atoms with Crippen LogP contribution >= 0.6 is 22.9 Å². The third-order valence-corrected chi connectivity index (χ3v) is 3.67. The molecule has 1 amide bonds. The van der Waals surface area contributed by atoms with E-state index in [1.807, 2.05) is 11.6 Å². The molecule has 2 heterocycles. The highest BCUT2D eigenvalue weighted by Gasteiger charge is 2.19. The first-order valence-electron chi connectivity index (χ1n) is 5.83. The predicted molar refractivity (Wildman–Crippen MR) is 77.8 cm³/mol. The zero-order valence-electron chi connectivity index (χ0n) is 10.7. The van der Waals surface area contributed by atoms with E-state index in [1.54, 1.807) is 10.5 Å². The molecular formula is C12H14ClN3O3S. The van der Waals surface area contributed by atoms with Crippen LogP contribution in [0.1, 0.15) is 12.6 Å². The molecule has 1 atom stereocenters. The second-order valence-corrected chi connectivity index (χ2v) is 5.78. The van der Waals surface area contributed by atoms with Crippen molar-refractivity contribution in [2.45, 2.75) is 12.5 Å². The number of aromatic nitrogens is 2. The van der Waals surface area contributed by atoms with E-state index in [-0.39, 0.29) is 12.5 Å². The number of rotatable bonds is 5. The molecule has 0 saturated carbocycles. The Morgan fingerprint density at radius 1 is 1.70 bits per heavy atom. The fraction of sp³-hybridized carbons (Fsp3) is 0.333. The molecule has 108 valence electrons. The summed E-state index contributed by atoms with van der Waals surface area (Å²) < 4.78 is 1.78. The van der Waals surface area contributed by atoms with Crippen molar-refractivity contribution >= 4 is 39.9 Å². The van der Waals surface area contributed by atoms with Gasteiger partial charge in [-0.1, -0.05) is 11.6 Å². The SMILES string of the molecule is CC(O)(CO)CNC(=O)C=Cc1c(Cl)nc2sccn12. The molecule has 2 aromatic heterocycles. The number of nitrogens with zero attached hydrogens (tertiary/aromatic N) is 2. The fourth-order valence-electron chi connectivity index (χ4n) is 1.47. The zero-order valence-corrected chi connectivity index (χ0v) is 12.3. The predicted octanol–water partition coefficient (Wildman–Crippen LogP) is 0.922. The van der Waals surface area contributed by atoms with Crippen molar-refractivity contribution in [3.05, 3.63) is 28.5 Å². The summed E-state index contributed by atoms with van der Waals surface area (Å²) in [6.45, 7) is 0.960. The Balaban J connectivity index is 2.04. The Hall–Kier alpha value is -1.41. The molecule has 3 N–H and O–H groups in total. The van der Waals surface area contributed by atoms with Crippen LogP contribution in [0.4, 0.5) is 0 Å². The van der Waals surface area contributed by atoms with Gasteiger partial charge in [0.2, 0.25) is 5.91 Å². The number of halogens is 1. The molecule has 0 radical (unpaired) electrons. The molecule has 20 heavy (non-hydrogen) atoms. The molecular weight excluding hydrogens is 302 g/mol. The highest BCUT2D eigenvalue weighted by molar-refractivity contribution is 7.15. The van der Waals surface area contributed by atoms with Crippen LogP contribution in [0, 0.1) is 0 Å². The average molecular weight is 316 g/mol. The molecule has 2 rings (SSSR count). The summed E-state index contributed by atoms with van der Waals surface area (Å²) in [5.41, 5.74) is -0.717. The van der Waals surface area contributed by atoms with Crippen molar-refractivity contribution in [3.63, 3.8) is 0 Å². The Morgan fingerprint density at radius 2 is 2.45 bits per heavy atom. The van der Waals surface area contributed by atoms with Crippen LogP contribution < -0.4 is 5.32 Å². The largest absolute Gasteiger partial charge is 0.393 e. The standard InChI is InChI=1S/C12H14ClN3O3S/c1-12(19,7-17)6-14-9(18)3-2-8-10(13)15-11-16(8)4-5-20-11/h2-5,17,19H,6-7H2,1H3,(H,14,18). The molecule has 0 spiro atoms. The van der Waals surface area contributed by atoms with Crippen LogP contribution in [-0.4, -0.2) is 44.3 Å². The lowest BCUT2D eigenvalue weighted by atomic mass is 10.1. The molecule has 0 aromatic carbocycles. The first-order valence-corrected chi connectivity index (χ1v) is 7.09. The number of aliphatic hydroxyl groups is 2. The first kappa shape index (κ1) is 15.0. The average Bonchev–Trinajstić information content (AvgIpc) is 2.95. The zero-order chi connectivity index (χ0) is 14.8. The van der Waals surface area contributed by atoms with E-state index < -0.39 is 12.2 Å². The first-order chi connectivity index (χ1) is 9.43. The minimum atomic E-state index is -1.33. The van der Waals surface area contributed by atoms with E-state index in [0.29, 0.717) is 10.8 Å². The maximum absolute atomic E-state index is 11.6. The lowest BCUT2D eigenvalue weighted by Gasteiger charge is -2.19. The number of carbonyl (C=O) groups is 1. The van der Waals surface area contributed by atoms with Crippen LogP contribution in [0.3, 0.4) is 0 Å². The van der Waals surface area contributed by atoms with Crippen molar-refractivity contribution < 1.29 is 15.0 Å². The van der Waals surface area contributed by atoms with Crippen LogP contribution in [0.15, 0.2) is 17.7 Å². The molecule has 0 aliphatic rings. The fourth-order valence-corrected chi connectivity index (χ4v) is 2.48. The van der Waals surface area contributed by atoms with Gasteiger partial charge < -0.3 is 15.5 Å². The maximum Gasteiger partial charge on any atom is 0.244 e. The molecule has 8 heteroatoms. The van der Waals surface area contributed by atoms with Crippen molar-refractivity contribution in [1.29, 1.82) is 0 Å². The topological polar surface area (TPSA) is 86.9 Å². The van der Waals surface area contributed by atoms with Gasteiger partial charge in [0.05, 0.1) is 12.3 Å². The van der Waals surface area contributed by atoms with Gasteiger partial charge in [0.1, 0.15) is 5.60 Å². The van der Waals surface area contributed by atoms with Crippen molar-refractivity contribution in [3.8, 4) is 0 Å². The number of imidazole rings is 1. The number of aliphatic hydroxyl groups excluding tert-OH is 1. The number of hydrogen-bond donors (Lipinski definition) is 3. The van der Waals surface area contributed by atoms with E-state index in [2.05, 4.69) is 10.3 Å². The van der Waals surface area contributed by atoms with Gasteiger partial charge in [-0.25, -0.2) is 4.98 Å². The monoisotopic (exact) mass is 315 g/mol. The summed E-state index contributed by atoms with van der Waals surface area (Å²) in [6.07, 6.45) is 4.67.